The first-order chi connectivity index (χ1) is 14.0. The molecule has 148 valence electrons. The third-order valence-electron chi connectivity index (χ3n) is 4.16. The van der Waals surface area contributed by atoms with E-state index in [4.69, 9.17) is 17.0 Å². The second kappa shape index (κ2) is 9.66. The molecule has 3 aromatic rings. The van der Waals surface area contributed by atoms with Gasteiger partial charge in [0.1, 0.15) is 11.6 Å². The molecular formula is C22H20FN3O2S. The Labute approximate surface area is 173 Å². The van der Waals surface area contributed by atoms with Gasteiger partial charge in [0.05, 0.1) is 7.11 Å². The SMILES string of the molecule is COc1ccc2cc(/C=C/C(=O)NNC(=S)NCc3ccc(F)cc3)ccc2c1. The van der Waals surface area contributed by atoms with E-state index in [2.05, 4.69) is 16.2 Å². The molecule has 3 rings (SSSR count). The van der Waals surface area contributed by atoms with Gasteiger partial charge in [0.2, 0.25) is 0 Å². The normalized spacial score (nSPS) is 10.7. The zero-order valence-electron chi connectivity index (χ0n) is 15.7. The number of halogens is 1. The van der Waals surface area contributed by atoms with Gasteiger partial charge in [-0.3, -0.25) is 15.6 Å². The number of benzene rings is 3. The minimum atomic E-state index is -0.342. The van der Waals surface area contributed by atoms with Crippen molar-refractivity contribution < 1.29 is 13.9 Å². The molecule has 29 heavy (non-hydrogen) atoms. The highest BCUT2D eigenvalue weighted by atomic mass is 32.1. The molecule has 0 unspecified atom stereocenters. The number of hydrogen-bond donors (Lipinski definition) is 3. The topological polar surface area (TPSA) is 62.4 Å². The van der Waals surface area contributed by atoms with Crippen molar-refractivity contribution in [3.8, 4) is 5.75 Å². The fourth-order valence-corrected chi connectivity index (χ4v) is 2.76. The summed E-state index contributed by atoms with van der Waals surface area (Å²) in [4.78, 5) is 12.0. The van der Waals surface area contributed by atoms with Crippen LogP contribution >= 0.6 is 12.2 Å². The number of hydrazine groups is 1. The van der Waals surface area contributed by atoms with Crippen molar-refractivity contribution in [1.82, 2.24) is 16.2 Å². The lowest BCUT2D eigenvalue weighted by Gasteiger charge is -2.10. The molecule has 0 aliphatic rings. The average Bonchev–Trinajstić information content (AvgIpc) is 2.75. The van der Waals surface area contributed by atoms with Gasteiger partial charge in [0.15, 0.2) is 5.11 Å². The highest BCUT2D eigenvalue weighted by molar-refractivity contribution is 7.80. The molecule has 0 aliphatic heterocycles. The van der Waals surface area contributed by atoms with Crippen molar-refractivity contribution in [3.63, 3.8) is 0 Å². The molecule has 0 aliphatic carbocycles. The Kier molecular flexibility index (Phi) is 6.76. The number of amides is 1. The van der Waals surface area contributed by atoms with Crippen LogP contribution in [0.1, 0.15) is 11.1 Å². The number of carbonyl (C=O) groups excluding carboxylic acids is 1. The number of methoxy groups -OCH3 is 1. The summed E-state index contributed by atoms with van der Waals surface area (Å²) in [6.07, 6.45) is 3.13. The number of nitrogens with one attached hydrogen (secondary N) is 3. The lowest BCUT2D eigenvalue weighted by atomic mass is 10.1. The first-order valence-electron chi connectivity index (χ1n) is 8.87. The smallest absolute Gasteiger partial charge is 0.262 e. The predicted molar refractivity (Wildman–Crippen MR) is 117 cm³/mol. The highest BCUT2D eigenvalue weighted by Crippen LogP contribution is 2.22. The van der Waals surface area contributed by atoms with E-state index in [0.29, 0.717) is 6.54 Å². The number of rotatable bonds is 5. The van der Waals surface area contributed by atoms with Gasteiger partial charge in [-0.25, -0.2) is 4.39 Å². The van der Waals surface area contributed by atoms with Gasteiger partial charge in [0, 0.05) is 12.6 Å². The van der Waals surface area contributed by atoms with E-state index in [9.17, 15) is 9.18 Å². The van der Waals surface area contributed by atoms with Crippen molar-refractivity contribution >= 4 is 40.1 Å². The molecule has 1 amide bonds. The summed E-state index contributed by atoms with van der Waals surface area (Å²) in [7, 11) is 1.63. The van der Waals surface area contributed by atoms with E-state index < -0.39 is 0 Å². The summed E-state index contributed by atoms with van der Waals surface area (Å²) in [6.45, 7) is 0.416. The number of fused-ring (bicyclic) bond motifs is 1. The van der Waals surface area contributed by atoms with Gasteiger partial charge in [-0.05, 0) is 70.5 Å². The van der Waals surface area contributed by atoms with Crippen molar-refractivity contribution in [3.05, 3.63) is 83.7 Å². The van der Waals surface area contributed by atoms with E-state index in [1.165, 1.54) is 18.2 Å². The van der Waals surface area contributed by atoms with Crippen LogP contribution in [0.5, 0.6) is 5.75 Å². The van der Waals surface area contributed by atoms with E-state index in [1.807, 2.05) is 36.4 Å². The van der Waals surface area contributed by atoms with Gasteiger partial charge in [-0.2, -0.15) is 0 Å². The lowest BCUT2D eigenvalue weighted by molar-refractivity contribution is -0.116. The summed E-state index contributed by atoms with van der Waals surface area (Å²) >= 11 is 5.10. The molecule has 0 saturated carbocycles. The maximum Gasteiger partial charge on any atom is 0.262 e. The Morgan fingerprint density at radius 3 is 2.52 bits per heavy atom. The van der Waals surface area contributed by atoms with E-state index >= 15 is 0 Å². The van der Waals surface area contributed by atoms with Gasteiger partial charge >= 0.3 is 0 Å². The Balaban J connectivity index is 1.48. The van der Waals surface area contributed by atoms with Crippen LogP contribution < -0.4 is 20.9 Å². The molecule has 0 aromatic heterocycles. The fraction of sp³-hybridized carbons (Fsp3) is 0.0909. The zero-order valence-corrected chi connectivity index (χ0v) is 16.6. The van der Waals surface area contributed by atoms with Crippen LogP contribution in [0.15, 0.2) is 66.7 Å². The predicted octanol–water partition coefficient (Wildman–Crippen LogP) is 3.70. The van der Waals surface area contributed by atoms with Crippen LogP contribution in [0.25, 0.3) is 16.8 Å². The first-order valence-corrected chi connectivity index (χ1v) is 9.28. The second-order valence-electron chi connectivity index (χ2n) is 6.23. The quantitative estimate of drug-likeness (QED) is 0.341. The van der Waals surface area contributed by atoms with Crippen molar-refractivity contribution in [2.75, 3.05) is 7.11 Å². The average molecular weight is 409 g/mol. The Morgan fingerprint density at radius 2 is 1.76 bits per heavy atom. The van der Waals surface area contributed by atoms with Crippen molar-refractivity contribution in [1.29, 1.82) is 0 Å². The Bertz CT molecular complexity index is 1050. The summed E-state index contributed by atoms with van der Waals surface area (Å²) < 4.78 is 18.1. The molecule has 0 radical (unpaired) electrons. The number of ether oxygens (including phenoxy) is 1. The van der Waals surface area contributed by atoms with Gasteiger partial charge in [-0.15, -0.1) is 0 Å². The van der Waals surface area contributed by atoms with Crippen LogP contribution in [0.4, 0.5) is 4.39 Å². The van der Waals surface area contributed by atoms with Crippen molar-refractivity contribution in [2.24, 2.45) is 0 Å². The minimum absolute atomic E-state index is 0.260. The van der Waals surface area contributed by atoms with Gasteiger partial charge in [0.25, 0.3) is 5.91 Å². The second-order valence-corrected chi connectivity index (χ2v) is 6.64. The monoisotopic (exact) mass is 409 g/mol. The fourth-order valence-electron chi connectivity index (χ4n) is 2.63. The third-order valence-corrected chi connectivity index (χ3v) is 4.41. The molecule has 0 bridgehead atoms. The summed E-state index contributed by atoms with van der Waals surface area (Å²) in [5, 5.41) is 5.30. The summed E-state index contributed by atoms with van der Waals surface area (Å²) in [5.41, 5.74) is 6.89. The van der Waals surface area contributed by atoms with Crippen LogP contribution in [0.2, 0.25) is 0 Å². The number of hydrogen-bond acceptors (Lipinski definition) is 3. The minimum Gasteiger partial charge on any atom is -0.497 e. The molecular weight excluding hydrogens is 389 g/mol. The standard InChI is InChI=1S/C22H20FN3O2S/c1-28-20-10-7-17-12-15(2-6-18(17)13-20)5-11-21(27)25-26-22(29)24-14-16-3-8-19(23)9-4-16/h2-13H,14H2,1H3,(H,25,27)(H2,24,26,29)/b11-5+. The number of carbonyl (C=O) groups is 1. The molecule has 3 aromatic carbocycles. The van der Waals surface area contributed by atoms with Gasteiger partial charge in [-0.1, -0.05) is 30.3 Å². The summed E-state index contributed by atoms with van der Waals surface area (Å²) in [5.74, 6) is 0.167. The zero-order chi connectivity index (χ0) is 20.6. The van der Waals surface area contributed by atoms with Crippen LogP contribution in [0, 0.1) is 5.82 Å². The maximum absolute atomic E-state index is 12.9. The maximum atomic E-state index is 12.9. The van der Waals surface area contributed by atoms with Crippen LogP contribution in [-0.4, -0.2) is 18.1 Å². The third kappa shape index (κ3) is 6.02. The summed E-state index contributed by atoms with van der Waals surface area (Å²) in [6, 6.07) is 17.8. The lowest BCUT2D eigenvalue weighted by Crippen LogP contribution is -2.45. The molecule has 0 atom stereocenters. The van der Waals surface area contributed by atoms with Gasteiger partial charge < -0.3 is 10.1 Å². The highest BCUT2D eigenvalue weighted by Gasteiger charge is 2.01. The number of thiocarbonyl (C=S) groups is 1. The van der Waals surface area contributed by atoms with Crippen LogP contribution in [-0.2, 0) is 11.3 Å². The molecule has 7 heteroatoms. The molecule has 0 saturated heterocycles. The Hall–Kier alpha value is -3.45. The van der Waals surface area contributed by atoms with Crippen LogP contribution in [0.3, 0.4) is 0 Å². The largest absolute Gasteiger partial charge is 0.497 e. The van der Waals surface area contributed by atoms with E-state index in [-0.39, 0.29) is 16.8 Å². The van der Waals surface area contributed by atoms with E-state index in [0.717, 1.165) is 27.6 Å². The first kappa shape index (κ1) is 20.3. The molecule has 0 fully saturated rings. The molecule has 5 nitrogen and oxygen atoms in total. The molecule has 3 N–H and O–H groups in total. The van der Waals surface area contributed by atoms with E-state index in [1.54, 1.807) is 25.3 Å². The van der Waals surface area contributed by atoms with Crippen molar-refractivity contribution in [2.45, 2.75) is 6.54 Å². The molecule has 0 heterocycles. The molecule has 0 spiro atoms. The Morgan fingerprint density at radius 1 is 1.03 bits per heavy atom.